The molecule has 2 rings (SSSR count). The predicted octanol–water partition coefficient (Wildman–Crippen LogP) is 1.95. The zero-order valence-electron chi connectivity index (χ0n) is 11.9. The fourth-order valence-corrected chi connectivity index (χ4v) is 2.08. The van der Waals surface area contributed by atoms with Crippen LogP contribution >= 0.6 is 0 Å². The molecule has 2 aromatic rings. The van der Waals surface area contributed by atoms with Crippen molar-refractivity contribution in [1.29, 1.82) is 0 Å². The number of nitrogens with one attached hydrogen (secondary N) is 1. The molecule has 21 heavy (non-hydrogen) atoms. The number of amides is 2. The van der Waals surface area contributed by atoms with Gasteiger partial charge in [0.15, 0.2) is 0 Å². The Bertz CT molecular complexity index is 665. The third kappa shape index (κ3) is 4.18. The van der Waals surface area contributed by atoms with Crippen LogP contribution in [0.25, 0.3) is 0 Å². The molecule has 0 bridgehead atoms. The van der Waals surface area contributed by atoms with E-state index in [-0.39, 0.29) is 5.91 Å². The van der Waals surface area contributed by atoms with E-state index in [1.165, 1.54) is 0 Å². The lowest BCUT2D eigenvalue weighted by Crippen LogP contribution is -2.25. The van der Waals surface area contributed by atoms with Crippen molar-refractivity contribution in [1.82, 2.24) is 5.32 Å². The Morgan fingerprint density at radius 1 is 1.10 bits per heavy atom. The SMILES string of the molecule is Cc1ccccc1CC(=O)NCc1cccc(C(N)=O)c1. The minimum atomic E-state index is -0.469. The minimum Gasteiger partial charge on any atom is -0.366 e. The van der Waals surface area contributed by atoms with Crippen molar-refractivity contribution in [2.75, 3.05) is 0 Å². The lowest BCUT2D eigenvalue weighted by atomic mass is 10.1. The topological polar surface area (TPSA) is 72.2 Å². The van der Waals surface area contributed by atoms with E-state index in [0.29, 0.717) is 18.5 Å². The summed E-state index contributed by atoms with van der Waals surface area (Å²) in [6.07, 6.45) is 0.349. The van der Waals surface area contributed by atoms with Crippen molar-refractivity contribution in [2.45, 2.75) is 19.9 Å². The first-order valence-electron chi connectivity index (χ1n) is 6.76. The van der Waals surface area contributed by atoms with Crippen LogP contribution in [0.3, 0.4) is 0 Å². The minimum absolute atomic E-state index is 0.0474. The Labute approximate surface area is 124 Å². The Kier molecular flexibility index (Phi) is 4.72. The number of carbonyl (C=O) groups excluding carboxylic acids is 2. The van der Waals surface area contributed by atoms with Gasteiger partial charge in [0.25, 0.3) is 0 Å². The highest BCUT2D eigenvalue weighted by Gasteiger charge is 2.06. The van der Waals surface area contributed by atoms with Crippen LogP contribution in [0.4, 0.5) is 0 Å². The van der Waals surface area contributed by atoms with Crippen LogP contribution in [0.5, 0.6) is 0 Å². The molecular formula is C17H18N2O2. The Morgan fingerprint density at radius 2 is 1.86 bits per heavy atom. The molecule has 3 N–H and O–H groups in total. The van der Waals surface area contributed by atoms with E-state index in [1.807, 2.05) is 37.3 Å². The summed E-state index contributed by atoms with van der Waals surface area (Å²) < 4.78 is 0. The average molecular weight is 282 g/mol. The molecule has 0 saturated carbocycles. The van der Waals surface area contributed by atoms with E-state index < -0.39 is 5.91 Å². The van der Waals surface area contributed by atoms with Crippen LogP contribution in [0.1, 0.15) is 27.0 Å². The first-order chi connectivity index (χ1) is 10.1. The lowest BCUT2D eigenvalue weighted by Gasteiger charge is -2.08. The molecule has 0 aliphatic heterocycles. The fraction of sp³-hybridized carbons (Fsp3) is 0.176. The van der Waals surface area contributed by atoms with Crippen molar-refractivity contribution in [3.8, 4) is 0 Å². The number of benzene rings is 2. The van der Waals surface area contributed by atoms with Crippen LogP contribution in [0, 0.1) is 6.92 Å². The second kappa shape index (κ2) is 6.70. The van der Waals surface area contributed by atoms with Gasteiger partial charge in [-0.25, -0.2) is 0 Å². The van der Waals surface area contributed by atoms with E-state index in [1.54, 1.807) is 18.2 Å². The molecule has 2 aromatic carbocycles. The van der Waals surface area contributed by atoms with Crippen LogP contribution in [0.15, 0.2) is 48.5 Å². The number of carbonyl (C=O) groups is 2. The first-order valence-corrected chi connectivity index (χ1v) is 6.76. The lowest BCUT2D eigenvalue weighted by molar-refractivity contribution is -0.120. The first kappa shape index (κ1) is 14.8. The van der Waals surface area contributed by atoms with E-state index in [9.17, 15) is 9.59 Å². The van der Waals surface area contributed by atoms with E-state index in [0.717, 1.165) is 16.7 Å². The summed E-state index contributed by atoms with van der Waals surface area (Å²) in [5.74, 6) is -0.517. The average Bonchev–Trinajstić information content (AvgIpc) is 2.48. The number of aryl methyl sites for hydroxylation is 1. The largest absolute Gasteiger partial charge is 0.366 e. The fourth-order valence-electron chi connectivity index (χ4n) is 2.08. The monoisotopic (exact) mass is 282 g/mol. The second-order valence-corrected chi connectivity index (χ2v) is 4.94. The Morgan fingerprint density at radius 3 is 2.57 bits per heavy atom. The van der Waals surface area contributed by atoms with Crippen molar-refractivity contribution >= 4 is 11.8 Å². The highest BCUT2D eigenvalue weighted by Crippen LogP contribution is 2.08. The predicted molar refractivity (Wildman–Crippen MR) is 81.7 cm³/mol. The maximum Gasteiger partial charge on any atom is 0.248 e. The summed E-state index contributed by atoms with van der Waals surface area (Å²) in [5.41, 5.74) is 8.64. The number of primary amides is 1. The molecule has 0 fully saturated rings. The van der Waals surface area contributed by atoms with Gasteiger partial charge in [0, 0.05) is 12.1 Å². The van der Waals surface area contributed by atoms with Gasteiger partial charge in [0.1, 0.15) is 0 Å². The zero-order valence-corrected chi connectivity index (χ0v) is 11.9. The quantitative estimate of drug-likeness (QED) is 0.879. The van der Waals surface area contributed by atoms with Gasteiger partial charge >= 0.3 is 0 Å². The van der Waals surface area contributed by atoms with Crippen molar-refractivity contribution in [3.63, 3.8) is 0 Å². The highest BCUT2D eigenvalue weighted by atomic mass is 16.1. The Balaban J connectivity index is 1.94. The maximum absolute atomic E-state index is 12.0. The number of nitrogens with two attached hydrogens (primary N) is 1. The number of rotatable bonds is 5. The maximum atomic E-state index is 12.0. The smallest absolute Gasteiger partial charge is 0.248 e. The van der Waals surface area contributed by atoms with Crippen LogP contribution in [-0.4, -0.2) is 11.8 Å². The van der Waals surface area contributed by atoms with Gasteiger partial charge in [-0.3, -0.25) is 9.59 Å². The molecule has 4 nitrogen and oxygen atoms in total. The second-order valence-electron chi connectivity index (χ2n) is 4.94. The van der Waals surface area contributed by atoms with Gasteiger partial charge in [-0.1, -0.05) is 36.4 Å². The van der Waals surface area contributed by atoms with Crippen molar-refractivity contribution in [2.24, 2.45) is 5.73 Å². The molecule has 0 spiro atoms. The van der Waals surface area contributed by atoms with Gasteiger partial charge in [0.2, 0.25) is 11.8 Å². The van der Waals surface area contributed by atoms with E-state index >= 15 is 0 Å². The molecule has 0 saturated heterocycles. The summed E-state index contributed by atoms with van der Waals surface area (Å²) >= 11 is 0. The summed E-state index contributed by atoms with van der Waals surface area (Å²) in [6.45, 7) is 2.37. The summed E-state index contributed by atoms with van der Waals surface area (Å²) in [7, 11) is 0. The number of hydrogen-bond donors (Lipinski definition) is 2. The molecule has 0 aliphatic rings. The van der Waals surface area contributed by atoms with Crippen LogP contribution in [0.2, 0.25) is 0 Å². The van der Waals surface area contributed by atoms with Crippen LogP contribution in [-0.2, 0) is 17.8 Å². The van der Waals surface area contributed by atoms with Gasteiger partial charge in [-0.05, 0) is 35.7 Å². The third-order valence-electron chi connectivity index (χ3n) is 3.31. The third-order valence-corrected chi connectivity index (χ3v) is 3.31. The summed E-state index contributed by atoms with van der Waals surface area (Å²) in [4.78, 5) is 23.1. The standard InChI is InChI=1S/C17H18N2O2/c1-12-5-2-3-7-14(12)10-16(20)19-11-13-6-4-8-15(9-13)17(18)21/h2-9H,10-11H2,1H3,(H2,18,21)(H,19,20). The molecule has 108 valence electrons. The molecule has 0 heterocycles. The van der Waals surface area contributed by atoms with Gasteiger partial charge < -0.3 is 11.1 Å². The molecule has 0 radical (unpaired) electrons. The molecule has 0 atom stereocenters. The van der Waals surface area contributed by atoms with Crippen molar-refractivity contribution in [3.05, 3.63) is 70.8 Å². The van der Waals surface area contributed by atoms with E-state index in [4.69, 9.17) is 5.73 Å². The van der Waals surface area contributed by atoms with E-state index in [2.05, 4.69) is 5.32 Å². The van der Waals surface area contributed by atoms with Gasteiger partial charge in [-0.15, -0.1) is 0 Å². The summed E-state index contributed by atoms with van der Waals surface area (Å²) in [5, 5.41) is 2.85. The molecule has 4 heteroatoms. The molecule has 2 amide bonds. The molecule has 0 aliphatic carbocycles. The summed E-state index contributed by atoms with van der Waals surface area (Å²) in [6, 6.07) is 14.8. The normalized spacial score (nSPS) is 10.1. The molecule has 0 aromatic heterocycles. The zero-order chi connectivity index (χ0) is 15.2. The molecular weight excluding hydrogens is 264 g/mol. The van der Waals surface area contributed by atoms with Crippen molar-refractivity contribution < 1.29 is 9.59 Å². The number of hydrogen-bond acceptors (Lipinski definition) is 2. The van der Waals surface area contributed by atoms with Crippen LogP contribution < -0.4 is 11.1 Å². The highest BCUT2D eigenvalue weighted by molar-refractivity contribution is 5.92. The molecule has 0 unspecified atom stereocenters. The van der Waals surface area contributed by atoms with Gasteiger partial charge in [0.05, 0.1) is 6.42 Å². The Hall–Kier alpha value is -2.62. The van der Waals surface area contributed by atoms with Gasteiger partial charge in [-0.2, -0.15) is 0 Å².